The maximum atomic E-state index is 13.1. The van der Waals surface area contributed by atoms with Gasteiger partial charge in [-0.3, -0.25) is 4.90 Å². The highest BCUT2D eigenvalue weighted by molar-refractivity contribution is 7.89. The summed E-state index contributed by atoms with van der Waals surface area (Å²) >= 11 is 5.83. The van der Waals surface area contributed by atoms with E-state index in [1.54, 1.807) is 12.1 Å². The molecule has 1 aromatic heterocycles. The van der Waals surface area contributed by atoms with Crippen molar-refractivity contribution in [1.29, 1.82) is 0 Å². The number of hydrogen-bond donors (Lipinski definition) is 1. The van der Waals surface area contributed by atoms with Gasteiger partial charge in [-0.25, -0.2) is 17.5 Å². The van der Waals surface area contributed by atoms with E-state index in [-0.39, 0.29) is 22.8 Å². The number of likely N-dealkylation sites (tertiary alicyclic amines) is 1. The van der Waals surface area contributed by atoms with E-state index < -0.39 is 10.0 Å². The average Bonchev–Trinajstić information content (AvgIpc) is 3.29. The Morgan fingerprint density at radius 2 is 1.86 bits per heavy atom. The van der Waals surface area contributed by atoms with E-state index in [0.717, 1.165) is 0 Å². The molecule has 0 bridgehead atoms. The molecule has 7 nitrogen and oxygen atoms in total. The average molecular weight is 437 g/mol. The van der Waals surface area contributed by atoms with Crippen molar-refractivity contribution in [2.45, 2.75) is 23.4 Å². The molecule has 2 aromatic carbocycles. The molecule has 2 heterocycles. The van der Waals surface area contributed by atoms with E-state index in [4.69, 9.17) is 16.1 Å². The molecule has 1 fully saturated rings. The number of aromatic nitrogens is 2. The molecular formula is C19H18ClFN4O3S. The first-order valence-corrected chi connectivity index (χ1v) is 10.8. The summed E-state index contributed by atoms with van der Waals surface area (Å²) in [6.07, 6.45) is 0.481. The van der Waals surface area contributed by atoms with Crippen molar-refractivity contribution in [3.63, 3.8) is 0 Å². The molecular weight excluding hydrogens is 419 g/mol. The van der Waals surface area contributed by atoms with Gasteiger partial charge in [0.15, 0.2) is 0 Å². The van der Waals surface area contributed by atoms with E-state index in [0.29, 0.717) is 35.3 Å². The van der Waals surface area contributed by atoms with Crippen molar-refractivity contribution in [2.24, 2.45) is 0 Å². The van der Waals surface area contributed by atoms with Crippen molar-refractivity contribution in [2.75, 3.05) is 13.6 Å². The molecule has 0 aliphatic carbocycles. The molecule has 1 saturated heterocycles. The zero-order valence-electron chi connectivity index (χ0n) is 15.4. The Balaban J connectivity index is 1.47. The van der Waals surface area contributed by atoms with Crippen LogP contribution in [-0.2, 0) is 10.0 Å². The van der Waals surface area contributed by atoms with Crippen molar-refractivity contribution < 1.29 is 17.3 Å². The van der Waals surface area contributed by atoms with Crippen LogP contribution in [0.4, 0.5) is 4.39 Å². The number of benzene rings is 2. The zero-order chi connectivity index (χ0) is 20.6. The standard InChI is InChI=1S/C19H18ClFN4O3S/c1-25-11-15(24-29(26,27)16-8-4-13(20)5-9-16)10-17(25)19-22-18(23-28-19)12-2-6-14(21)7-3-12/h2-9,15,17,24H,10-11H2,1H3/t15-,17-/m0/s1. The van der Waals surface area contributed by atoms with Gasteiger partial charge in [-0.2, -0.15) is 4.98 Å². The Bertz CT molecular complexity index is 1100. The summed E-state index contributed by atoms with van der Waals surface area (Å²) in [4.78, 5) is 6.52. The topological polar surface area (TPSA) is 88.3 Å². The smallest absolute Gasteiger partial charge is 0.244 e. The molecule has 10 heteroatoms. The lowest BCUT2D eigenvalue weighted by atomic mass is 10.2. The highest BCUT2D eigenvalue weighted by atomic mass is 35.5. The number of rotatable bonds is 5. The predicted octanol–water partition coefficient (Wildman–Crippen LogP) is 3.25. The third-order valence-corrected chi connectivity index (χ3v) is 6.61. The van der Waals surface area contributed by atoms with Crippen LogP contribution in [0, 0.1) is 5.82 Å². The van der Waals surface area contributed by atoms with E-state index in [2.05, 4.69) is 14.9 Å². The van der Waals surface area contributed by atoms with Crippen LogP contribution in [0.2, 0.25) is 5.02 Å². The van der Waals surface area contributed by atoms with Crippen molar-refractivity contribution >= 4 is 21.6 Å². The summed E-state index contributed by atoms with van der Waals surface area (Å²) < 4.78 is 46.4. The number of likely N-dealkylation sites (N-methyl/N-ethyl adjacent to an activating group) is 1. The summed E-state index contributed by atoms with van der Waals surface area (Å²) in [6.45, 7) is 0.492. The largest absolute Gasteiger partial charge is 0.337 e. The number of halogens is 2. The third kappa shape index (κ3) is 4.32. The molecule has 4 rings (SSSR count). The van der Waals surface area contributed by atoms with E-state index in [1.165, 1.54) is 36.4 Å². The quantitative estimate of drug-likeness (QED) is 0.660. The Labute approximate surface area is 172 Å². The fourth-order valence-electron chi connectivity index (χ4n) is 3.36. The molecule has 3 aromatic rings. The van der Waals surface area contributed by atoms with Crippen molar-refractivity contribution in [1.82, 2.24) is 19.8 Å². The molecule has 29 heavy (non-hydrogen) atoms. The van der Waals surface area contributed by atoms with E-state index in [1.807, 2.05) is 11.9 Å². The van der Waals surface area contributed by atoms with Crippen LogP contribution in [0.3, 0.4) is 0 Å². The Hall–Kier alpha value is -2.33. The minimum absolute atomic E-state index is 0.157. The molecule has 0 unspecified atom stereocenters. The maximum Gasteiger partial charge on any atom is 0.244 e. The molecule has 2 atom stereocenters. The maximum absolute atomic E-state index is 13.1. The molecule has 1 aliphatic heterocycles. The van der Waals surface area contributed by atoms with Crippen LogP contribution in [0.15, 0.2) is 57.9 Å². The SMILES string of the molecule is CN1C[C@@H](NS(=O)(=O)c2ccc(Cl)cc2)C[C@H]1c1nc(-c2ccc(F)cc2)no1. The van der Waals surface area contributed by atoms with Gasteiger partial charge in [0.1, 0.15) is 5.82 Å². The predicted molar refractivity (Wildman–Crippen MR) is 105 cm³/mol. The molecule has 152 valence electrons. The second-order valence-corrected chi connectivity index (χ2v) is 9.08. The fraction of sp³-hybridized carbons (Fsp3) is 0.263. The second-order valence-electron chi connectivity index (χ2n) is 6.93. The molecule has 1 aliphatic rings. The van der Waals surface area contributed by atoms with Crippen LogP contribution in [0.5, 0.6) is 0 Å². The second kappa shape index (κ2) is 7.83. The summed E-state index contributed by atoms with van der Waals surface area (Å²) in [5.41, 5.74) is 0.641. The number of hydrogen-bond acceptors (Lipinski definition) is 6. The molecule has 0 saturated carbocycles. The van der Waals surface area contributed by atoms with Crippen LogP contribution in [-0.4, -0.2) is 43.1 Å². The number of nitrogens with one attached hydrogen (secondary N) is 1. The van der Waals surface area contributed by atoms with Crippen LogP contribution < -0.4 is 4.72 Å². The lowest BCUT2D eigenvalue weighted by Gasteiger charge is -2.14. The molecule has 0 radical (unpaired) electrons. The first kappa shape index (κ1) is 20.0. The first-order chi connectivity index (χ1) is 13.8. The van der Waals surface area contributed by atoms with Crippen LogP contribution >= 0.6 is 11.6 Å². The molecule has 1 N–H and O–H groups in total. The summed E-state index contributed by atoms with van der Waals surface area (Å²) in [7, 11) is -1.80. The van der Waals surface area contributed by atoms with Crippen LogP contribution in [0.25, 0.3) is 11.4 Å². The van der Waals surface area contributed by atoms with Gasteiger partial charge in [0, 0.05) is 23.2 Å². The zero-order valence-corrected chi connectivity index (χ0v) is 17.0. The number of sulfonamides is 1. The van der Waals surface area contributed by atoms with Crippen LogP contribution in [0.1, 0.15) is 18.4 Å². The normalized spacial score (nSPS) is 20.2. The Morgan fingerprint density at radius 3 is 2.55 bits per heavy atom. The molecule has 0 amide bonds. The first-order valence-electron chi connectivity index (χ1n) is 8.89. The minimum Gasteiger partial charge on any atom is -0.337 e. The fourth-order valence-corrected chi connectivity index (χ4v) is 4.73. The van der Waals surface area contributed by atoms with E-state index >= 15 is 0 Å². The Kier molecular flexibility index (Phi) is 5.39. The van der Waals surface area contributed by atoms with E-state index in [9.17, 15) is 12.8 Å². The highest BCUT2D eigenvalue weighted by Crippen LogP contribution is 2.31. The highest BCUT2D eigenvalue weighted by Gasteiger charge is 2.36. The summed E-state index contributed by atoms with van der Waals surface area (Å²) in [5.74, 6) is 0.405. The van der Waals surface area contributed by atoms with Gasteiger partial charge in [-0.1, -0.05) is 16.8 Å². The third-order valence-electron chi connectivity index (χ3n) is 4.82. The molecule has 0 spiro atoms. The van der Waals surface area contributed by atoms with Crippen molar-refractivity contribution in [3.05, 3.63) is 65.3 Å². The Morgan fingerprint density at radius 1 is 1.17 bits per heavy atom. The lowest BCUT2D eigenvalue weighted by molar-refractivity contribution is 0.244. The monoisotopic (exact) mass is 436 g/mol. The summed E-state index contributed by atoms with van der Waals surface area (Å²) in [5, 5.41) is 4.43. The van der Waals surface area contributed by atoms with Gasteiger partial charge in [-0.15, -0.1) is 0 Å². The van der Waals surface area contributed by atoms with Crippen molar-refractivity contribution in [3.8, 4) is 11.4 Å². The van der Waals surface area contributed by atoms with Gasteiger partial charge < -0.3 is 4.52 Å². The minimum atomic E-state index is -3.67. The number of nitrogens with zero attached hydrogens (tertiary/aromatic N) is 3. The lowest BCUT2D eigenvalue weighted by Crippen LogP contribution is -2.36. The van der Waals surface area contributed by atoms with Gasteiger partial charge in [0.25, 0.3) is 0 Å². The van der Waals surface area contributed by atoms with Gasteiger partial charge in [0.2, 0.25) is 21.7 Å². The van der Waals surface area contributed by atoms with Gasteiger partial charge in [-0.05, 0) is 62.0 Å². The summed E-state index contributed by atoms with van der Waals surface area (Å²) in [6, 6.07) is 11.3. The van der Waals surface area contributed by atoms with Gasteiger partial charge >= 0.3 is 0 Å². The van der Waals surface area contributed by atoms with Gasteiger partial charge in [0.05, 0.1) is 10.9 Å².